The first-order valence-corrected chi connectivity index (χ1v) is 10.2. The molecule has 0 unspecified atom stereocenters. The molecule has 0 saturated heterocycles. The van der Waals surface area contributed by atoms with Crippen molar-refractivity contribution >= 4 is 12.1 Å². The lowest BCUT2D eigenvalue weighted by Gasteiger charge is -2.27. The maximum atomic E-state index is 12.3. The fraction of sp³-hybridized carbons (Fsp3) is 0.789. The zero-order chi connectivity index (χ0) is 21.0. The average molecular weight is 396 g/mol. The van der Waals surface area contributed by atoms with E-state index in [0.29, 0.717) is 26.2 Å². The van der Waals surface area contributed by atoms with Gasteiger partial charge in [-0.15, -0.1) is 10.2 Å². The van der Waals surface area contributed by atoms with Gasteiger partial charge in [0.1, 0.15) is 17.8 Å². The number of carbonyl (C=O) groups is 1. The fourth-order valence-electron chi connectivity index (χ4n) is 2.55. The first kappa shape index (κ1) is 23.7. The summed E-state index contributed by atoms with van der Waals surface area (Å²) in [5.41, 5.74) is -0.494. The van der Waals surface area contributed by atoms with Gasteiger partial charge in [-0.3, -0.25) is 4.99 Å². The molecule has 1 aromatic heterocycles. The molecule has 0 radical (unpaired) electrons. The van der Waals surface area contributed by atoms with Crippen molar-refractivity contribution < 1.29 is 9.53 Å². The van der Waals surface area contributed by atoms with Crippen molar-refractivity contribution in [1.82, 2.24) is 30.3 Å². The zero-order valence-corrected chi connectivity index (χ0v) is 18.3. The molecule has 1 heterocycles. The van der Waals surface area contributed by atoms with Gasteiger partial charge in [-0.1, -0.05) is 13.8 Å². The van der Waals surface area contributed by atoms with Crippen LogP contribution in [0.15, 0.2) is 11.3 Å². The van der Waals surface area contributed by atoms with Gasteiger partial charge in [0.15, 0.2) is 5.96 Å². The molecule has 1 amide bonds. The predicted molar refractivity (Wildman–Crippen MR) is 111 cm³/mol. The highest BCUT2D eigenvalue weighted by Crippen LogP contribution is 2.10. The third-order valence-electron chi connectivity index (χ3n) is 3.79. The van der Waals surface area contributed by atoms with Crippen LogP contribution < -0.4 is 10.6 Å². The Kier molecular flexibility index (Phi) is 10.3. The number of hydrogen-bond donors (Lipinski definition) is 2. The van der Waals surface area contributed by atoms with Crippen LogP contribution in [-0.4, -0.2) is 70.0 Å². The van der Waals surface area contributed by atoms with Crippen LogP contribution in [0.5, 0.6) is 0 Å². The minimum absolute atomic E-state index is 0.280. The SMILES string of the molecule is CCCN(CCNC(=NCCn1cnnc1CC)NCC)C(=O)OC(C)(C)C. The van der Waals surface area contributed by atoms with E-state index in [1.54, 1.807) is 11.2 Å². The molecule has 9 nitrogen and oxygen atoms in total. The summed E-state index contributed by atoms with van der Waals surface area (Å²) in [4.78, 5) is 18.7. The molecular formula is C19H37N7O2. The number of guanidine groups is 1. The quantitative estimate of drug-likeness (QED) is 0.465. The lowest BCUT2D eigenvalue weighted by molar-refractivity contribution is 0.0253. The van der Waals surface area contributed by atoms with Crippen molar-refractivity contribution in [2.24, 2.45) is 4.99 Å². The smallest absolute Gasteiger partial charge is 0.410 e. The number of hydrogen-bond acceptors (Lipinski definition) is 5. The highest BCUT2D eigenvalue weighted by Gasteiger charge is 2.21. The number of ether oxygens (including phenoxy) is 1. The van der Waals surface area contributed by atoms with Crippen LogP contribution in [0, 0.1) is 0 Å². The van der Waals surface area contributed by atoms with Crippen LogP contribution >= 0.6 is 0 Å². The summed E-state index contributed by atoms with van der Waals surface area (Å²) in [6.07, 6.45) is 3.18. The number of rotatable bonds is 10. The molecule has 0 saturated carbocycles. The second kappa shape index (κ2) is 12.2. The monoisotopic (exact) mass is 395 g/mol. The summed E-state index contributed by atoms with van der Waals surface area (Å²) in [6.45, 7) is 15.7. The highest BCUT2D eigenvalue weighted by molar-refractivity contribution is 5.79. The van der Waals surface area contributed by atoms with Gasteiger partial charge in [-0.05, 0) is 34.1 Å². The molecule has 0 aliphatic heterocycles. The van der Waals surface area contributed by atoms with Crippen LogP contribution in [0.25, 0.3) is 0 Å². The molecule has 0 aliphatic rings. The minimum Gasteiger partial charge on any atom is -0.444 e. The van der Waals surface area contributed by atoms with Crippen molar-refractivity contribution in [3.05, 3.63) is 12.2 Å². The Hall–Kier alpha value is -2.32. The van der Waals surface area contributed by atoms with E-state index in [9.17, 15) is 4.79 Å². The molecule has 0 spiro atoms. The number of aryl methyl sites for hydroxylation is 1. The normalized spacial score (nSPS) is 12.0. The third-order valence-corrected chi connectivity index (χ3v) is 3.79. The molecular weight excluding hydrogens is 358 g/mol. The van der Waals surface area contributed by atoms with E-state index in [-0.39, 0.29) is 6.09 Å². The zero-order valence-electron chi connectivity index (χ0n) is 18.3. The average Bonchev–Trinajstić information content (AvgIpc) is 3.07. The van der Waals surface area contributed by atoms with Crippen LogP contribution in [-0.2, 0) is 17.7 Å². The molecule has 0 bridgehead atoms. The minimum atomic E-state index is -0.494. The van der Waals surface area contributed by atoms with Crippen molar-refractivity contribution in [3.63, 3.8) is 0 Å². The van der Waals surface area contributed by atoms with Crippen LogP contribution in [0.2, 0.25) is 0 Å². The van der Waals surface area contributed by atoms with Gasteiger partial charge in [0.25, 0.3) is 0 Å². The van der Waals surface area contributed by atoms with E-state index < -0.39 is 5.60 Å². The second-order valence-electron chi connectivity index (χ2n) is 7.45. The van der Waals surface area contributed by atoms with Crippen molar-refractivity contribution in [2.45, 2.75) is 66.5 Å². The number of nitrogens with one attached hydrogen (secondary N) is 2. The summed E-state index contributed by atoms with van der Waals surface area (Å²) in [5, 5.41) is 14.5. The van der Waals surface area contributed by atoms with Crippen molar-refractivity contribution in [1.29, 1.82) is 0 Å². The van der Waals surface area contributed by atoms with Crippen molar-refractivity contribution in [3.8, 4) is 0 Å². The van der Waals surface area contributed by atoms with Gasteiger partial charge in [0, 0.05) is 39.1 Å². The summed E-state index contributed by atoms with van der Waals surface area (Å²) in [5.74, 6) is 1.69. The molecule has 28 heavy (non-hydrogen) atoms. The van der Waals surface area contributed by atoms with E-state index in [1.807, 2.05) is 39.2 Å². The van der Waals surface area contributed by atoms with Gasteiger partial charge in [0.05, 0.1) is 6.54 Å². The van der Waals surface area contributed by atoms with E-state index in [2.05, 4.69) is 32.7 Å². The molecule has 1 aromatic rings. The Balaban J connectivity index is 2.54. The number of carbonyl (C=O) groups excluding carboxylic acids is 1. The Bertz CT molecular complexity index is 608. The predicted octanol–water partition coefficient (Wildman–Crippen LogP) is 2.04. The number of amides is 1. The summed E-state index contributed by atoms with van der Waals surface area (Å²) in [7, 11) is 0. The molecule has 0 atom stereocenters. The van der Waals surface area contributed by atoms with E-state index in [1.165, 1.54) is 0 Å². The maximum Gasteiger partial charge on any atom is 0.410 e. The first-order valence-electron chi connectivity index (χ1n) is 10.2. The summed E-state index contributed by atoms with van der Waals surface area (Å²) in [6, 6.07) is 0. The first-order chi connectivity index (χ1) is 13.3. The molecule has 2 N–H and O–H groups in total. The third kappa shape index (κ3) is 9.05. The Morgan fingerprint density at radius 2 is 2.00 bits per heavy atom. The largest absolute Gasteiger partial charge is 0.444 e. The number of aliphatic imine (C=N–C) groups is 1. The molecule has 9 heteroatoms. The second-order valence-corrected chi connectivity index (χ2v) is 7.45. The van der Waals surface area contributed by atoms with Crippen LogP contribution in [0.3, 0.4) is 0 Å². The van der Waals surface area contributed by atoms with Gasteiger partial charge in [-0.2, -0.15) is 0 Å². The van der Waals surface area contributed by atoms with E-state index >= 15 is 0 Å². The lowest BCUT2D eigenvalue weighted by atomic mass is 10.2. The van der Waals surface area contributed by atoms with Crippen LogP contribution in [0.1, 0.15) is 53.8 Å². The van der Waals surface area contributed by atoms with Gasteiger partial charge in [0.2, 0.25) is 0 Å². The Labute approximate surface area is 168 Å². The van der Waals surface area contributed by atoms with E-state index in [4.69, 9.17) is 4.74 Å². The topological polar surface area (TPSA) is 96.7 Å². The Morgan fingerprint density at radius 3 is 2.61 bits per heavy atom. The molecule has 0 fully saturated rings. The summed E-state index contributed by atoms with van der Waals surface area (Å²) < 4.78 is 7.50. The summed E-state index contributed by atoms with van der Waals surface area (Å²) >= 11 is 0. The Morgan fingerprint density at radius 1 is 1.25 bits per heavy atom. The standard InChI is InChI=1S/C19H37N7O2/c1-7-12-25(18(27)28-19(4,5)6)13-10-21-17(20-9-3)22-11-14-26-15-23-24-16(26)8-2/h15H,7-14H2,1-6H3,(H2,20,21,22). The van der Waals surface area contributed by atoms with Crippen molar-refractivity contribution in [2.75, 3.05) is 32.7 Å². The highest BCUT2D eigenvalue weighted by atomic mass is 16.6. The van der Waals surface area contributed by atoms with Gasteiger partial charge < -0.3 is 24.8 Å². The maximum absolute atomic E-state index is 12.3. The molecule has 1 rings (SSSR count). The molecule has 0 aromatic carbocycles. The van der Waals surface area contributed by atoms with Crippen LogP contribution in [0.4, 0.5) is 4.79 Å². The van der Waals surface area contributed by atoms with Gasteiger partial charge >= 0.3 is 6.09 Å². The fourth-order valence-corrected chi connectivity index (χ4v) is 2.55. The number of nitrogens with zero attached hydrogens (tertiary/aromatic N) is 5. The van der Waals surface area contributed by atoms with Gasteiger partial charge in [-0.25, -0.2) is 4.79 Å². The lowest BCUT2D eigenvalue weighted by Crippen LogP contribution is -2.44. The molecule has 0 aliphatic carbocycles. The number of aromatic nitrogens is 3. The van der Waals surface area contributed by atoms with E-state index in [0.717, 1.165) is 37.7 Å². The molecule has 160 valence electrons.